The van der Waals surface area contributed by atoms with E-state index in [1.165, 1.54) is 17.0 Å². The molecule has 1 aliphatic rings. The van der Waals surface area contributed by atoms with Crippen molar-refractivity contribution in [2.45, 2.75) is 56.1 Å². The minimum atomic E-state index is -4.09. The van der Waals surface area contributed by atoms with Gasteiger partial charge in [-0.05, 0) is 67.8 Å². The molecule has 7 nitrogen and oxygen atoms in total. The molecule has 0 spiro atoms. The van der Waals surface area contributed by atoms with Crippen molar-refractivity contribution in [3.8, 4) is 0 Å². The highest BCUT2D eigenvalue weighted by Gasteiger charge is 2.33. The van der Waals surface area contributed by atoms with E-state index in [-0.39, 0.29) is 23.4 Å². The summed E-state index contributed by atoms with van der Waals surface area (Å²) >= 11 is 6.88. The Labute approximate surface area is 246 Å². The number of nitrogens with zero attached hydrogens (tertiary/aromatic N) is 2. The summed E-state index contributed by atoms with van der Waals surface area (Å²) in [4.78, 5) is 28.8. The first-order valence-corrected chi connectivity index (χ1v) is 15.9. The van der Waals surface area contributed by atoms with Crippen LogP contribution >= 0.6 is 31.9 Å². The summed E-state index contributed by atoms with van der Waals surface area (Å²) in [6.45, 7) is 1.37. The highest BCUT2D eigenvalue weighted by Crippen LogP contribution is 2.27. The fourth-order valence-corrected chi connectivity index (χ4v) is 6.95. The van der Waals surface area contributed by atoms with E-state index in [0.29, 0.717) is 10.2 Å². The third kappa shape index (κ3) is 7.49. The Bertz CT molecular complexity index is 1410. The second-order valence-electron chi connectivity index (χ2n) is 9.62. The van der Waals surface area contributed by atoms with Crippen LogP contribution in [0, 0.1) is 0 Å². The number of nitrogens with one attached hydrogen (secondary N) is 1. The van der Waals surface area contributed by atoms with Crippen molar-refractivity contribution in [1.82, 2.24) is 10.2 Å². The molecule has 3 aromatic rings. The van der Waals surface area contributed by atoms with Gasteiger partial charge in [0.05, 0.1) is 10.6 Å². The Balaban J connectivity index is 1.68. The summed E-state index contributed by atoms with van der Waals surface area (Å²) in [6.07, 6.45) is 3.98. The zero-order valence-electron chi connectivity index (χ0n) is 21.6. The van der Waals surface area contributed by atoms with Gasteiger partial charge in [0.15, 0.2) is 0 Å². The highest BCUT2D eigenvalue weighted by molar-refractivity contribution is 9.10. The maximum atomic E-state index is 14.0. The average Bonchev–Trinajstić information content (AvgIpc) is 3.43. The molecule has 1 N–H and O–H groups in total. The molecular weight excluding hydrogens is 646 g/mol. The fraction of sp³-hybridized carbons (Fsp3) is 0.310. The lowest BCUT2D eigenvalue weighted by Crippen LogP contribution is -2.52. The van der Waals surface area contributed by atoms with E-state index < -0.39 is 28.5 Å². The van der Waals surface area contributed by atoms with Crippen LogP contribution in [-0.4, -0.2) is 43.8 Å². The molecule has 2 amide bonds. The number of carbonyl (C=O) groups excluding carboxylic acids is 2. The van der Waals surface area contributed by atoms with Crippen LogP contribution in [0.25, 0.3) is 0 Å². The van der Waals surface area contributed by atoms with Crippen LogP contribution in [-0.2, 0) is 26.2 Å². The summed E-state index contributed by atoms with van der Waals surface area (Å²) in [6, 6.07) is 21.6. The molecule has 0 aromatic heterocycles. The maximum absolute atomic E-state index is 14.0. The van der Waals surface area contributed by atoms with Gasteiger partial charge in [-0.15, -0.1) is 0 Å². The van der Waals surface area contributed by atoms with E-state index in [9.17, 15) is 18.0 Å². The van der Waals surface area contributed by atoms with E-state index in [2.05, 4.69) is 37.2 Å². The highest BCUT2D eigenvalue weighted by atomic mass is 79.9. The van der Waals surface area contributed by atoms with Crippen LogP contribution < -0.4 is 9.62 Å². The van der Waals surface area contributed by atoms with Gasteiger partial charge in [0.1, 0.15) is 12.6 Å². The Morgan fingerprint density at radius 3 is 2.21 bits per heavy atom. The number of sulfonamides is 1. The van der Waals surface area contributed by atoms with Gasteiger partial charge in [-0.1, -0.05) is 81.1 Å². The van der Waals surface area contributed by atoms with E-state index in [1.807, 2.05) is 24.3 Å². The number of hydrogen-bond donors (Lipinski definition) is 1. The molecule has 39 heavy (non-hydrogen) atoms. The standard InChI is InChI=1S/C29H31Br2N3O4S/c1-21(29(36)32-25-12-5-6-13-25)33(19-22-9-7-10-23(30)17-22)28(35)20-34(26-14-8-11-24(31)18-26)39(37,38)27-15-3-2-4-16-27/h2-4,7-11,14-18,21,25H,5-6,12-13,19-20H2,1H3,(H,32,36)/t21-/m0/s1. The molecule has 4 rings (SSSR count). The molecule has 0 saturated heterocycles. The zero-order valence-corrected chi connectivity index (χ0v) is 25.6. The molecule has 0 bridgehead atoms. The molecule has 1 saturated carbocycles. The number of carbonyl (C=O) groups is 2. The molecule has 1 atom stereocenters. The van der Waals surface area contributed by atoms with E-state index >= 15 is 0 Å². The molecule has 0 unspecified atom stereocenters. The minimum absolute atomic E-state index is 0.0725. The maximum Gasteiger partial charge on any atom is 0.264 e. The molecule has 1 aliphatic carbocycles. The van der Waals surface area contributed by atoms with Crippen LogP contribution in [0.1, 0.15) is 38.2 Å². The lowest BCUT2D eigenvalue weighted by atomic mass is 10.1. The smallest absolute Gasteiger partial charge is 0.264 e. The SMILES string of the molecule is C[C@@H](C(=O)NC1CCCC1)N(Cc1cccc(Br)c1)C(=O)CN(c1cccc(Br)c1)S(=O)(=O)c1ccccc1. The largest absolute Gasteiger partial charge is 0.352 e. The van der Waals surface area contributed by atoms with Crippen molar-refractivity contribution in [2.75, 3.05) is 10.8 Å². The summed E-state index contributed by atoms with van der Waals surface area (Å²) in [7, 11) is -4.09. The number of amides is 2. The molecule has 10 heteroatoms. The molecule has 206 valence electrons. The first kappa shape index (κ1) is 29.3. The van der Waals surface area contributed by atoms with Gasteiger partial charge in [0.2, 0.25) is 11.8 Å². The molecular formula is C29H31Br2N3O4S. The third-order valence-electron chi connectivity index (χ3n) is 6.82. The van der Waals surface area contributed by atoms with E-state index in [1.54, 1.807) is 49.4 Å². The lowest BCUT2D eigenvalue weighted by Gasteiger charge is -2.32. The first-order chi connectivity index (χ1) is 18.6. The van der Waals surface area contributed by atoms with Crippen molar-refractivity contribution < 1.29 is 18.0 Å². The van der Waals surface area contributed by atoms with Crippen molar-refractivity contribution in [3.05, 3.63) is 93.4 Å². The summed E-state index contributed by atoms with van der Waals surface area (Å²) in [5, 5.41) is 3.08. The molecule has 3 aromatic carbocycles. The van der Waals surface area contributed by atoms with Crippen molar-refractivity contribution >= 4 is 59.4 Å². The quantitative estimate of drug-likeness (QED) is 0.291. The third-order valence-corrected chi connectivity index (χ3v) is 9.59. The van der Waals surface area contributed by atoms with Gasteiger partial charge in [-0.25, -0.2) is 8.42 Å². The Hall–Kier alpha value is -2.69. The Morgan fingerprint density at radius 2 is 1.56 bits per heavy atom. The van der Waals surface area contributed by atoms with Crippen LogP contribution in [0.2, 0.25) is 0 Å². The van der Waals surface area contributed by atoms with Crippen LogP contribution in [0.15, 0.2) is 92.7 Å². The Kier molecular flexibility index (Phi) is 9.85. The van der Waals surface area contributed by atoms with Crippen molar-refractivity contribution in [3.63, 3.8) is 0 Å². The second kappa shape index (κ2) is 13.1. The normalized spacial score (nSPS) is 14.5. The summed E-state index contributed by atoms with van der Waals surface area (Å²) in [5.41, 5.74) is 1.16. The number of anilines is 1. The van der Waals surface area contributed by atoms with E-state index in [4.69, 9.17) is 0 Å². The van der Waals surface area contributed by atoms with Crippen LogP contribution in [0.4, 0.5) is 5.69 Å². The number of rotatable bonds is 10. The summed E-state index contributed by atoms with van der Waals surface area (Å²) < 4.78 is 30.2. The lowest BCUT2D eigenvalue weighted by molar-refractivity contribution is -0.139. The van der Waals surface area contributed by atoms with Crippen molar-refractivity contribution in [1.29, 1.82) is 0 Å². The first-order valence-electron chi connectivity index (χ1n) is 12.8. The van der Waals surface area contributed by atoms with Gasteiger partial charge in [-0.3, -0.25) is 13.9 Å². The summed E-state index contributed by atoms with van der Waals surface area (Å²) in [5.74, 6) is -0.728. The van der Waals surface area contributed by atoms with Crippen molar-refractivity contribution in [2.24, 2.45) is 0 Å². The zero-order chi connectivity index (χ0) is 28.0. The molecule has 0 aliphatic heterocycles. The molecule has 1 fully saturated rings. The van der Waals surface area contributed by atoms with Gasteiger partial charge in [0.25, 0.3) is 10.0 Å². The predicted molar refractivity (Wildman–Crippen MR) is 160 cm³/mol. The molecule has 0 heterocycles. The number of halogens is 2. The number of hydrogen-bond acceptors (Lipinski definition) is 4. The predicted octanol–water partition coefficient (Wildman–Crippen LogP) is 5.88. The van der Waals surface area contributed by atoms with Gasteiger partial charge >= 0.3 is 0 Å². The monoisotopic (exact) mass is 675 g/mol. The fourth-order valence-electron chi connectivity index (χ4n) is 4.69. The van der Waals surface area contributed by atoms with E-state index in [0.717, 1.165) is 40.0 Å². The Morgan fingerprint density at radius 1 is 0.923 bits per heavy atom. The van der Waals surface area contributed by atoms with Gasteiger partial charge in [-0.2, -0.15) is 0 Å². The number of benzene rings is 3. The topological polar surface area (TPSA) is 86.8 Å². The van der Waals surface area contributed by atoms with Gasteiger partial charge < -0.3 is 10.2 Å². The molecule has 0 radical (unpaired) electrons. The minimum Gasteiger partial charge on any atom is -0.352 e. The average molecular weight is 677 g/mol. The van der Waals surface area contributed by atoms with Crippen LogP contribution in [0.3, 0.4) is 0 Å². The van der Waals surface area contributed by atoms with Gasteiger partial charge in [0, 0.05) is 21.5 Å². The second-order valence-corrected chi connectivity index (χ2v) is 13.3. The van der Waals surface area contributed by atoms with Crippen LogP contribution in [0.5, 0.6) is 0 Å².